The largest absolute Gasteiger partial charge is 0.390 e. The van der Waals surface area contributed by atoms with Crippen LogP contribution in [0.2, 0.25) is 0 Å². The van der Waals surface area contributed by atoms with E-state index >= 15 is 0 Å². The summed E-state index contributed by atoms with van der Waals surface area (Å²) in [5.41, 5.74) is 0. The van der Waals surface area contributed by atoms with E-state index in [0.29, 0.717) is 5.25 Å². The molecule has 0 amide bonds. The molecule has 0 unspecified atom stereocenters. The molecule has 4 heteroatoms. The highest BCUT2D eigenvalue weighted by Gasteiger charge is 2.51. The normalized spacial score (nSPS) is 50.6. The molecule has 86 valence electrons. The highest BCUT2D eigenvalue weighted by atomic mass is 32.2. The standard InChI is InChI=1S/C11H18O2S2/c12-8-4-5-11-10(3-2-9(8)13-11)14-6-1-7-15-11/h8-10,12H,1-7H2/t8-,9-,10-,11+/m1/s1. The van der Waals surface area contributed by atoms with Crippen LogP contribution in [0.25, 0.3) is 0 Å². The van der Waals surface area contributed by atoms with Gasteiger partial charge in [-0.25, -0.2) is 0 Å². The van der Waals surface area contributed by atoms with Gasteiger partial charge in [0.2, 0.25) is 0 Å². The summed E-state index contributed by atoms with van der Waals surface area (Å²) >= 11 is 4.12. The maximum atomic E-state index is 9.84. The maximum Gasteiger partial charge on any atom is 0.126 e. The van der Waals surface area contributed by atoms with Crippen LogP contribution in [-0.4, -0.2) is 39.0 Å². The van der Waals surface area contributed by atoms with Crippen molar-refractivity contribution < 1.29 is 9.84 Å². The van der Waals surface area contributed by atoms with E-state index in [4.69, 9.17) is 4.74 Å². The third-order valence-electron chi connectivity index (χ3n) is 3.73. The van der Waals surface area contributed by atoms with Crippen molar-refractivity contribution in [2.75, 3.05) is 11.5 Å². The highest BCUT2D eigenvalue weighted by molar-refractivity contribution is 8.04. The maximum absolute atomic E-state index is 9.84. The molecule has 0 aromatic heterocycles. The van der Waals surface area contributed by atoms with Gasteiger partial charge in [0.1, 0.15) is 4.93 Å². The van der Waals surface area contributed by atoms with E-state index in [-0.39, 0.29) is 17.1 Å². The summed E-state index contributed by atoms with van der Waals surface area (Å²) in [6, 6.07) is 0. The van der Waals surface area contributed by atoms with E-state index in [1.807, 2.05) is 11.8 Å². The number of hydrogen-bond donors (Lipinski definition) is 1. The molecule has 3 saturated heterocycles. The molecule has 0 saturated carbocycles. The third kappa shape index (κ3) is 1.84. The fraction of sp³-hybridized carbons (Fsp3) is 1.00. The zero-order valence-corrected chi connectivity index (χ0v) is 10.5. The zero-order chi connectivity index (χ0) is 10.3. The second-order valence-electron chi connectivity index (χ2n) is 4.71. The first-order valence-electron chi connectivity index (χ1n) is 5.92. The van der Waals surface area contributed by atoms with Gasteiger partial charge in [-0.1, -0.05) is 0 Å². The average molecular weight is 246 g/mol. The van der Waals surface area contributed by atoms with Crippen molar-refractivity contribution >= 4 is 23.5 Å². The lowest BCUT2D eigenvalue weighted by Gasteiger charge is -2.50. The molecule has 0 aromatic rings. The van der Waals surface area contributed by atoms with E-state index < -0.39 is 0 Å². The second-order valence-corrected chi connectivity index (χ2v) is 7.41. The van der Waals surface area contributed by atoms with Gasteiger partial charge in [-0.3, -0.25) is 0 Å². The summed E-state index contributed by atoms with van der Waals surface area (Å²) < 4.78 is 6.20. The Bertz CT molecular complexity index is 249. The van der Waals surface area contributed by atoms with Gasteiger partial charge in [0.15, 0.2) is 0 Å². The van der Waals surface area contributed by atoms with Crippen LogP contribution in [-0.2, 0) is 4.74 Å². The van der Waals surface area contributed by atoms with Crippen LogP contribution in [0.1, 0.15) is 32.1 Å². The molecule has 2 bridgehead atoms. The molecule has 2 nitrogen and oxygen atoms in total. The van der Waals surface area contributed by atoms with Gasteiger partial charge in [-0.15, -0.1) is 11.8 Å². The van der Waals surface area contributed by atoms with E-state index in [0.717, 1.165) is 19.3 Å². The van der Waals surface area contributed by atoms with Crippen LogP contribution in [0.5, 0.6) is 0 Å². The van der Waals surface area contributed by atoms with Crippen molar-refractivity contribution in [3.63, 3.8) is 0 Å². The molecule has 0 radical (unpaired) electrons. The molecule has 3 aliphatic rings. The van der Waals surface area contributed by atoms with Crippen LogP contribution in [0, 0.1) is 0 Å². The molecule has 15 heavy (non-hydrogen) atoms. The molecular formula is C11H18O2S2. The molecule has 0 aliphatic carbocycles. The zero-order valence-electron chi connectivity index (χ0n) is 8.85. The summed E-state index contributed by atoms with van der Waals surface area (Å²) in [4.78, 5) is 0.0588. The van der Waals surface area contributed by atoms with Crippen LogP contribution < -0.4 is 0 Å². The highest BCUT2D eigenvalue weighted by Crippen LogP contribution is 2.52. The smallest absolute Gasteiger partial charge is 0.126 e. The van der Waals surface area contributed by atoms with Crippen molar-refractivity contribution in [1.29, 1.82) is 0 Å². The van der Waals surface area contributed by atoms with E-state index in [2.05, 4.69) is 11.8 Å². The first kappa shape index (κ1) is 10.8. The lowest BCUT2D eigenvalue weighted by molar-refractivity contribution is -0.155. The minimum atomic E-state index is -0.203. The quantitative estimate of drug-likeness (QED) is 0.710. The average Bonchev–Trinajstić information content (AvgIpc) is 2.45. The Labute approximate surface area is 99.5 Å². The van der Waals surface area contributed by atoms with Crippen LogP contribution in [0.15, 0.2) is 0 Å². The number of thioether (sulfide) groups is 2. The molecule has 0 aromatic carbocycles. The lowest BCUT2D eigenvalue weighted by atomic mass is 9.89. The van der Waals surface area contributed by atoms with Gasteiger partial charge in [0.05, 0.1) is 12.2 Å². The number of aliphatic hydroxyl groups is 1. The van der Waals surface area contributed by atoms with E-state index in [1.54, 1.807) is 0 Å². The van der Waals surface area contributed by atoms with Gasteiger partial charge in [-0.05, 0) is 43.6 Å². The van der Waals surface area contributed by atoms with Crippen molar-refractivity contribution in [2.45, 2.75) is 54.5 Å². The van der Waals surface area contributed by atoms with Crippen molar-refractivity contribution in [1.82, 2.24) is 0 Å². The van der Waals surface area contributed by atoms with Gasteiger partial charge < -0.3 is 9.84 Å². The third-order valence-corrected chi connectivity index (χ3v) is 6.99. The van der Waals surface area contributed by atoms with E-state index in [1.165, 1.54) is 24.3 Å². The fourth-order valence-electron chi connectivity index (χ4n) is 2.89. The summed E-state index contributed by atoms with van der Waals surface area (Å²) in [5, 5.41) is 10.5. The second kappa shape index (κ2) is 4.13. The van der Waals surface area contributed by atoms with Crippen LogP contribution >= 0.6 is 23.5 Å². The number of hydrogen-bond acceptors (Lipinski definition) is 4. The van der Waals surface area contributed by atoms with Gasteiger partial charge in [0.25, 0.3) is 0 Å². The van der Waals surface area contributed by atoms with E-state index in [9.17, 15) is 5.11 Å². The molecule has 3 heterocycles. The summed E-state index contributed by atoms with van der Waals surface area (Å²) in [5.74, 6) is 2.52. The topological polar surface area (TPSA) is 29.5 Å². The van der Waals surface area contributed by atoms with Crippen LogP contribution in [0.4, 0.5) is 0 Å². The molecule has 3 rings (SSSR count). The monoisotopic (exact) mass is 246 g/mol. The number of ether oxygens (including phenoxy) is 1. The Morgan fingerprint density at radius 3 is 3.07 bits per heavy atom. The summed E-state index contributed by atoms with van der Waals surface area (Å²) in [7, 11) is 0. The predicted molar refractivity (Wildman–Crippen MR) is 65.4 cm³/mol. The Morgan fingerprint density at radius 1 is 1.20 bits per heavy atom. The summed E-state index contributed by atoms with van der Waals surface area (Å²) in [6.45, 7) is 0. The van der Waals surface area contributed by atoms with Crippen LogP contribution in [0.3, 0.4) is 0 Å². The molecule has 4 atom stereocenters. The molecule has 1 spiro atoms. The van der Waals surface area contributed by atoms with Crippen molar-refractivity contribution in [2.24, 2.45) is 0 Å². The Morgan fingerprint density at radius 2 is 2.13 bits per heavy atom. The SMILES string of the molecule is O[C@@H]1CC[C@@]23O[C@@H]1CC[C@H]2SCCCS3. The lowest BCUT2D eigenvalue weighted by Crippen LogP contribution is -2.54. The molecule has 3 aliphatic heterocycles. The minimum Gasteiger partial charge on any atom is -0.390 e. The Hall–Kier alpha value is 0.620. The van der Waals surface area contributed by atoms with Gasteiger partial charge >= 0.3 is 0 Å². The summed E-state index contributed by atoms with van der Waals surface area (Å²) in [6.07, 6.45) is 5.51. The Kier molecular flexibility index (Phi) is 2.96. The number of aliphatic hydroxyl groups excluding tert-OH is 1. The number of rotatable bonds is 0. The first-order chi connectivity index (χ1) is 7.30. The Balaban J connectivity index is 1.83. The molecular weight excluding hydrogens is 228 g/mol. The predicted octanol–water partition coefficient (Wildman–Crippen LogP) is 2.26. The number of fused-ring (bicyclic) bond motifs is 1. The minimum absolute atomic E-state index is 0.0588. The first-order valence-corrected chi connectivity index (χ1v) is 7.95. The molecule has 3 fully saturated rings. The van der Waals surface area contributed by atoms with Gasteiger partial charge in [-0.2, -0.15) is 11.8 Å². The van der Waals surface area contributed by atoms with Gasteiger partial charge in [0, 0.05) is 5.25 Å². The molecule has 1 N–H and O–H groups in total. The van der Waals surface area contributed by atoms with Crippen molar-refractivity contribution in [3.05, 3.63) is 0 Å². The van der Waals surface area contributed by atoms with Crippen molar-refractivity contribution in [3.8, 4) is 0 Å². The fourth-order valence-corrected chi connectivity index (χ4v) is 6.20.